The first-order valence-corrected chi connectivity index (χ1v) is 6.05. The van der Waals surface area contributed by atoms with Crippen molar-refractivity contribution in [3.63, 3.8) is 0 Å². The second kappa shape index (κ2) is 4.75. The van der Waals surface area contributed by atoms with Crippen molar-refractivity contribution in [2.45, 2.75) is 31.0 Å². The van der Waals surface area contributed by atoms with Gasteiger partial charge in [0, 0.05) is 18.8 Å². The van der Waals surface area contributed by atoms with E-state index >= 15 is 0 Å². The summed E-state index contributed by atoms with van der Waals surface area (Å²) in [5.41, 5.74) is 1.91. The van der Waals surface area contributed by atoms with Gasteiger partial charge in [0.25, 0.3) is 5.22 Å². The van der Waals surface area contributed by atoms with Crippen molar-refractivity contribution in [2.75, 3.05) is 12.4 Å². The average molecular weight is 250 g/mol. The number of hydrogen-bond acceptors (Lipinski definition) is 6. The number of nitrogens with zero attached hydrogens (tertiary/aromatic N) is 3. The van der Waals surface area contributed by atoms with Crippen LogP contribution in [0.5, 0.6) is 0 Å². The van der Waals surface area contributed by atoms with Gasteiger partial charge in [-0.15, -0.1) is 0 Å². The van der Waals surface area contributed by atoms with Crippen LogP contribution in [0.3, 0.4) is 0 Å². The molecule has 0 bridgehead atoms. The Hall–Kier alpha value is -1.56. The maximum atomic E-state index is 5.52. The zero-order chi connectivity index (χ0) is 12.4. The molecule has 0 spiro atoms. The van der Waals surface area contributed by atoms with Crippen molar-refractivity contribution in [1.82, 2.24) is 15.0 Å². The summed E-state index contributed by atoms with van der Waals surface area (Å²) in [6.07, 6.45) is 1.78. The third kappa shape index (κ3) is 2.58. The van der Waals surface area contributed by atoms with Crippen LogP contribution in [0, 0.1) is 20.8 Å². The Labute approximate surface area is 104 Å². The van der Waals surface area contributed by atoms with E-state index in [2.05, 4.69) is 20.3 Å². The quantitative estimate of drug-likeness (QED) is 0.845. The number of hydrogen-bond donors (Lipinski definition) is 1. The molecule has 0 aliphatic rings. The first kappa shape index (κ1) is 11.9. The van der Waals surface area contributed by atoms with E-state index in [0.29, 0.717) is 11.2 Å². The summed E-state index contributed by atoms with van der Waals surface area (Å²) >= 11 is 1.41. The minimum absolute atomic E-state index is 0.595. The highest BCUT2D eigenvalue weighted by atomic mass is 32.2. The van der Waals surface area contributed by atoms with Gasteiger partial charge in [-0.25, -0.2) is 15.0 Å². The lowest BCUT2D eigenvalue weighted by atomic mass is 10.4. The van der Waals surface area contributed by atoms with E-state index in [9.17, 15) is 0 Å². The number of oxazole rings is 1. The van der Waals surface area contributed by atoms with E-state index in [4.69, 9.17) is 4.42 Å². The molecule has 0 saturated carbocycles. The summed E-state index contributed by atoms with van der Waals surface area (Å²) < 4.78 is 5.52. The summed E-state index contributed by atoms with van der Waals surface area (Å²) in [4.78, 5) is 12.8. The lowest BCUT2D eigenvalue weighted by Gasteiger charge is -2.03. The maximum absolute atomic E-state index is 5.52. The van der Waals surface area contributed by atoms with Crippen LogP contribution in [-0.2, 0) is 0 Å². The normalized spacial score (nSPS) is 10.6. The van der Waals surface area contributed by atoms with Gasteiger partial charge in [-0.1, -0.05) is 0 Å². The van der Waals surface area contributed by atoms with Crippen molar-refractivity contribution in [2.24, 2.45) is 0 Å². The Balaban J connectivity index is 2.28. The van der Waals surface area contributed by atoms with Crippen LogP contribution in [-0.4, -0.2) is 22.0 Å². The van der Waals surface area contributed by atoms with Crippen LogP contribution < -0.4 is 5.32 Å². The first-order chi connectivity index (χ1) is 8.10. The molecule has 0 atom stereocenters. The molecular formula is C11H14N4OS. The van der Waals surface area contributed by atoms with E-state index in [1.807, 2.05) is 20.8 Å². The number of aromatic nitrogens is 3. The monoisotopic (exact) mass is 250 g/mol. The maximum Gasteiger partial charge on any atom is 0.262 e. The smallest absolute Gasteiger partial charge is 0.262 e. The topological polar surface area (TPSA) is 63.8 Å². The van der Waals surface area contributed by atoms with Gasteiger partial charge in [0.2, 0.25) is 5.95 Å². The van der Waals surface area contributed by atoms with Crippen LogP contribution in [0.4, 0.5) is 5.95 Å². The lowest BCUT2D eigenvalue weighted by molar-refractivity contribution is 0.431. The van der Waals surface area contributed by atoms with Gasteiger partial charge >= 0.3 is 0 Å². The number of nitrogens with one attached hydrogen (secondary N) is 1. The largest absolute Gasteiger partial charge is 0.436 e. The second-order valence-corrected chi connectivity index (χ2v) is 4.60. The molecule has 17 heavy (non-hydrogen) atoms. The molecule has 0 aliphatic heterocycles. The fourth-order valence-corrected chi connectivity index (χ4v) is 2.08. The summed E-state index contributed by atoms with van der Waals surface area (Å²) in [5, 5.41) is 4.38. The summed E-state index contributed by atoms with van der Waals surface area (Å²) in [6, 6.07) is 0. The Morgan fingerprint density at radius 3 is 2.59 bits per heavy atom. The fourth-order valence-electron chi connectivity index (χ4n) is 1.22. The Morgan fingerprint density at radius 1 is 1.24 bits per heavy atom. The molecule has 2 rings (SSSR count). The highest BCUT2D eigenvalue weighted by Crippen LogP contribution is 2.29. The molecule has 6 heteroatoms. The standard InChI is InChI=1S/C11H14N4OS/c1-6-5-13-10(12-4)15-9(6)17-11-14-7(2)8(3)16-11/h5H,1-4H3,(H,12,13,15). The molecular weight excluding hydrogens is 236 g/mol. The number of rotatable bonds is 3. The van der Waals surface area contributed by atoms with E-state index in [1.165, 1.54) is 11.8 Å². The SMILES string of the molecule is CNc1ncc(C)c(Sc2nc(C)c(C)o2)n1. The Kier molecular flexibility index (Phi) is 3.33. The minimum atomic E-state index is 0.595. The molecule has 2 aromatic rings. The van der Waals surface area contributed by atoms with E-state index in [-0.39, 0.29) is 0 Å². The van der Waals surface area contributed by atoms with Gasteiger partial charge in [0.15, 0.2) is 0 Å². The van der Waals surface area contributed by atoms with E-state index in [1.54, 1.807) is 13.2 Å². The van der Waals surface area contributed by atoms with Gasteiger partial charge < -0.3 is 9.73 Å². The van der Waals surface area contributed by atoms with Gasteiger partial charge in [0.05, 0.1) is 5.69 Å². The molecule has 0 fully saturated rings. The number of anilines is 1. The summed E-state index contributed by atoms with van der Waals surface area (Å²) in [6.45, 7) is 5.79. The van der Waals surface area contributed by atoms with E-state index < -0.39 is 0 Å². The average Bonchev–Trinajstić information content (AvgIpc) is 2.61. The number of aryl methyl sites for hydroxylation is 3. The second-order valence-electron chi connectivity index (χ2n) is 3.66. The van der Waals surface area contributed by atoms with E-state index in [0.717, 1.165) is 22.0 Å². The Bertz CT molecular complexity index is 519. The molecule has 0 radical (unpaired) electrons. The molecule has 2 heterocycles. The molecule has 2 aromatic heterocycles. The van der Waals surface area contributed by atoms with Crippen molar-refractivity contribution >= 4 is 17.7 Å². The van der Waals surface area contributed by atoms with Crippen LogP contribution in [0.25, 0.3) is 0 Å². The predicted molar refractivity (Wildman–Crippen MR) is 66.4 cm³/mol. The fraction of sp³-hybridized carbons (Fsp3) is 0.364. The van der Waals surface area contributed by atoms with Crippen molar-refractivity contribution in [3.8, 4) is 0 Å². The molecule has 0 amide bonds. The Morgan fingerprint density at radius 2 is 2.00 bits per heavy atom. The third-order valence-electron chi connectivity index (χ3n) is 2.34. The highest BCUT2D eigenvalue weighted by molar-refractivity contribution is 7.99. The van der Waals surface area contributed by atoms with Gasteiger partial charge in [-0.2, -0.15) is 0 Å². The molecule has 0 aliphatic carbocycles. The lowest BCUT2D eigenvalue weighted by Crippen LogP contribution is -1.98. The first-order valence-electron chi connectivity index (χ1n) is 5.23. The molecule has 90 valence electrons. The summed E-state index contributed by atoms with van der Waals surface area (Å²) in [7, 11) is 1.79. The summed E-state index contributed by atoms with van der Waals surface area (Å²) in [5.74, 6) is 1.44. The molecule has 0 aromatic carbocycles. The molecule has 1 N–H and O–H groups in total. The predicted octanol–water partition coefficient (Wildman–Crippen LogP) is 2.58. The zero-order valence-corrected chi connectivity index (χ0v) is 11.1. The van der Waals surface area contributed by atoms with Crippen LogP contribution in [0.15, 0.2) is 20.9 Å². The van der Waals surface area contributed by atoms with Crippen molar-refractivity contribution in [1.29, 1.82) is 0 Å². The van der Waals surface area contributed by atoms with Crippen LogP contribution in [0.2, 0.25) is 0 Å². The van der Waals surface area contributed by atoms with Crippen molar-refractivity contribution in [3.05, 3.63) is 23.2 Å². The van der Waals surface area contributed by atoms with Crippen LogP contribution >= 0.6 is 11.8 Å². The molecule has 0 unspecified atom stereocenters. The van der Waals surface area contributed by atoms with Crippen molar-refractivity contribution < 1.29 is 4.42 Å². The zero-order valence-electron chi connectivity index (χ0n) is 10.2. The van der Waals surface area contributed by atoms with Gasteiger partial charge in [0.1, 0.15) is 10.8 Å². The van der Waals surface area contributed by atoms with Crippen LogP contribution in [0.1, 0.15) is 17.0 Å². The molecule has 0 saturated heterocycles. The van der Waals surface area contributed by atoms with Gasteiger partial charge in [-0.3, -0.25) is 0 Å². The molecule has 5 nitrogen and oxygen atoms in total. The third-order valence-corrected chi connectivity index (χ3v) is 3.30. The highest BCUT2D eigenvalue weighted by Gasteiger charge is 2.11. The van der Waals surface area contributed by atoms with Gasteiger partial charge in [-0.05, 0) is 32.5 Å². The minimum Gasteiger partial charge on any atom is -0.436 e.